The number of nitrogens with zero attached hydrogens (tertiary/aromatic N) is 1. The van der Waals surface area contributed by atoms with Gasteiger partial charge in [0.25, 0.3) is 5.91 Å². The van der Waals surface area contributed by atoms with Gasteiger partial charge in [-0.3, -0.25) is 4.79 Å². The van der Waals surface area contributed by atoms with Gasteiger partial charge < -0.3 is 10.1 Å². The lowest BCUT2D eigenvalue weighted by molar-refractivity contribution is -0.186. The second kappa shape index (κ2) is 6.05. The minimum absolute atomic E-state index is 0.0963. The number of benzene rings is 1. The second-order valence-electron chi connectivity index (χ2n) is 8.54. The Morgan fingerprint density at radius 2 is 1.77 bits per heavy atom. The van der Waals surface area contributed by atoms with Gasteiger partial charge in [-0.2, -0.15) is 0 Å². The summed E-state index contributed by atoms with van der Waals surface area (Å²) in [6.45, 7) is 0.603. The van der Waals surface area contributed by atoms with Gasteiger partial charge in [0.05, 0.1) is 11.1 Å². The van der Waals surface area contributed by atoms with Crippen LogP contribution in [0.25, 0.3) is 10.9 Å². The molecule has 1 aromatic carbocycles. The normalized spacial score (nSPS) is 35.0. The number of hydrogen-bond acceptors (Lipinski definition) is 3. The van der Waals surface area contributed by atoms with Crippen molar-refractivity contribution < 1.29 is 9.53 Å². The highest BCUT2D eigenvalue weighted by Gasteiger charge is 2.57. The average molecular weight is 350 g/mol. The SMILES string of the molecule is COC1(CNC(=O)c2ccc3ccccc3n2)C2CC3CC(C2)CC1C3. The van der Waals surface area contributed by atoms with Crippen LogP contribution in [-0.4, -0.2) is 30.1 Å². The number of fused-ring (bicyclic) bond motifs is 1. The summed E-state index contributed by atoms with van der Waals surface area (Å²) in [4.78, 5) is 17.3. The molecule has 6 rings (SSSR count). The number of carbonyl (C=O) groups is 1. The molecule has 1 amide bonds. The summed E-state index contributed by atoms with van der Waals surface area (Å²) in [5.41, 5.74) is 1.16. The Kier molecular flexibility index (Phi) is 3.78. The standard InChI is InChI=1S/C22H26N2O2/c1-26-22(17-9-14-8-15(11-17)12-18(22)10-14)13-23-21(25)20-7-6-16-4-2-3-5-19(16)24-20/h2-7,14-15,17-18H,8-13H2,1H3,(H,23,25). The molecule has 4 aliphatic rings. The minimum atomic E-state index is -0.181. The number of carbonyl (C=O) groups excluding carboxylic acids is 1. The van der Waals surface area contributed by atoms with E-state index in [1.165, 1.54) is 32.1 Å². The molecule has 1 aromatic heterocycles. The maximum Gasteiger partial charge on any atom is 0.270 e. The lowest BCUT2D eigenvalue weighted by Crippen LogP contribution is -2.63. The predicted molar refractivity (Wildman–Crippen MR) is 101 cm³/mol. The third kappa shape index (κ3) is 2.46. The largest absolute Gasteiger partial charge is 0.376 e. The molecule has 136 valence electrons. The number of amides is 1. The van der Waals surface area contributed by atoms with E-state index in [2.05, 4.69) is 10.3 Å². The van der Waals surface area contributed by atoms with Crippen LogP contribution in [0.3, 0.4) is 0 Å². The molecule has 0 saturated heterocycles. The molecule has 4 heteroatoms. The Hall–Kier alpha value is -1.94. The van der Waals surface area contributed by atoms with Crippen molar-refractivity contribution in [2.75, 3.05) is 13.7 Å². The van der Waals surface area contributed by atoms with Crippen molar-refractivity contribution >= 4 is 16.8 Å². The van der Waals surface area contributed by atoms with Crippen molar-refractivity contribution in [3.05, 3.63) is 42.1 Å². The van der Waals surface area contributed by atoms with E-state index >= 15 is 0 Å². The third-order valence-corrected chi connectivity index (χ3v) is 7.26. The topological polar surface area (TPSA) is 51.2 Å². The van der Waals surface area contributed by atoms with E-state index in [1.807, 2.05) is 43.5 Å². The summed E-state index contributed by atoms with van der Waals surface area (Å²) in [6, 6.07) is 11.7. The maximum atomic E-state index is 12.8. The molecule has 0 radical (unpaired) electrons. The number of para-hydroxylation sites is 1. The van der Waals surface area contributed by atoms with Gasteiger partial charge in [-0.1, -0.05) is 24.3 Å². The summed E-state index contributed by atoms with van der Waals surface area (Å²) in [6.07, 6.45) is 6.49. The van der Waals surface area contributed by atoms with Crippen LogP contribution in [0.15, 0.2) is 36.4 Å². The van der Waals surface area contributed by atoms with E-state index in [1.54, 1.807) is 0 Å². The summed E-state index contributed by atoms with van der Waals surface area (Å²) in [5.74, 6) is 2.86. The average Bonchev–Trinajstić information content (AvgIpc) is 2.67. The van der Waals surface area contributed by atoms with Crippen LogP contribution in [0, 0.1) is 23.7 Å². The van der Waals surface area contributed by atoms with Gasteiger partial charge in [-0.15, -0.1) is 0 Å². The van der Waals surface area contributed by atoms with Crippen molar-refractivity contribution in [2.45, 2.75) is 37.7 Å². The second-order valence-corrected chi connectivity index (χ2v) is 8.54. The molecule has 4 saturated carbocycles. The molecule has 1 heterocycles. The lowest BCUT2D eigenvalue weighted by atomic mass is 9.49. The minimum Gasteiger partial charge on any atom is -0.376 e. The molecule has 4 aliphatic carbocycles. The monoisotopic (exact) mass is 350 g/mol. The van der Waals surface area contributed by atoms with Crippen LogP contribution < -0.4 is 5.32 Å². The summed E-state index contributed by atoms with van der Waals surface area (Å²) < 4.78 is 6.14. The Balaban J connectivity index is 1.35. The van der Waals surface area contributed by atoms with Gasteiger partial charge in [0, 0.05) is 19.0 Å². The van der Waals surface area contributed by atoms with E-state index in [9.17, 15) is 4.79 Å². The van der Waals surface area contributed by atoms with Crippen LogP contribution in [0.2, 0.25) is 0 Å². The zero-order valence-corrected chi connectivity index (χ0v) is 15.3. The van der Waals surface area contributed by atoms with Crippen molar-refractivity contribution in [1.82, 2.24) is 10.3 Å². The maximum absolute atomic E-state index is 12.8. The van der Waals surface area contributed by atoms with Crippen LogP contribution in [0.1, 0.15) is 42.6 Å². The Labute approximate surface area is 154 Å². The summed E-state index contributed by atoms with van der Waals surface area (Å²) >= 11 is 0. The molecule has 0 atom stereocenters. The van der Waals surface area contributed by atoms with Crippen LogP contribution in [0.4, 0.5) is 0 Å². The molecule has 0 unspecified atom stereocenters. The highest BCUT2D eigenvalue weighted by Crippen LogP contribution is 2.59. The van der Waals surface area contributed by atoms with E-state index in [4.69, 9.17) is 4.74 Å². The first-order valence-electron chi connectivity index (χ1n) is 9.87. The molecule has 4 fully saturated rings. The third-order valence-electron chi connectivity index (χ3n) is 7.26. The Morgan fingerprint density at radius 3 is 2.46 bits per heavy atom. The van der Waals surface area contributed by atoms with E-state index in [0.29, 0.717) is 24.1 Å². The summed E-state index contributed by atoms with van der Waals surface area (Å²) in [5, 5.41) is 4.21. The number of rotatable bonds is 4. The van der Waals surface area contributed by atoms with Crippen LogP contribution in [-0.2, 0) is 4.74 Å². The van der Waals surface area contributed by atoms with Crippen LogP contribution in [0.5, 0.6) is 0 Å². The Morgan fingerprint density at radius 1 is 1.08 bits per heavy atom. The predicted octanol–water partition coefficient (Wildman–Crippen LogP) is 3.81. The van der Waals surface area contributed by atoms with Gasteiger partial charge >= 0.3 is 0 Å². The zero-order chi connectivity index (χ0) is 17.7. The number of pyridine rings is 1. The molecule has 4 bridgehead atoms. The molecule has 0 spiro atoms. The van der Waals surface area contributed by atoms with Crippen LogP contribution >= 0.6 is 0 Å². The van der Waals surface area contributed by atoms with Crippen molar-refractivity contribution in [3.63, 3.8) is 0 Å². The molecule has 4 nitrogen and oxygen atoms in total. The van der Waals surface area contributed by atoms with Crippen molar-refractivity contribution in [1.29, 1.82) is 0 Å². The van der Waals surface area contributed by atoms with Crippen molar-refractivity contribution in [3.8, 4) is 0 Å². The lowest BCUT2D eigenvalue weighted by Gasteiger charge is -2.60. The van der Waals surface area contributed by atoms with Gasteiger partial charge in [0.15, 0.2) is 0 Å². The molecule has 2 aromatic rings. The first-order valence-corrected chi connectivity index (χ1v) is 9.87. The number of hydrogen-bond donors (Lipinski definition) is 1. The van der Waals surface area contributed by atoms with Gasteiger partial charge in [0.1, 0.15) is 5.69 Å². The van der Waals surface area contributed by atoms with Gasteiger partial charge in [-0.05, 0) is 67.9 Å². The first kappa shape index (κ1) is 16.2. The fourth-order valence-corrected chi connectivity index (χ4v) is 6.18. The molecule has 1 N–H and O–H groups in total. The van der Waals surface area contributed by atoms with E-state index in [0.717, 1.165) is 22.7 Å². The van der Waals surface area contributed by atoms with Gasteiger partial charge in [0.2, 0.25) is 0 Å². The summed E-state index contributed by atoms with van der Waals surface area (Å²) in [7, 11) is 1.84. The number of aromatic nitrogens is 1. The first-order chi connectivity index (χ1) is 12.7. The smallest absolute Gasteiger partial charge is 0.270 e. The number of ether oxygens (including phenoxy) is 1. The van der Waals surface area contributed by atoms with Gasteiger partial charge in [-0.25, -0.2) is 4.98 Å². The molecule has 26 heavy (non-hydrogen) atoms. The fourth-order valence-electron chi connectivity index (χ4n) is 6.18. The molecular formula is C22H26N2O2. The number of methoxy groups -OCH3 is 1. The van der Waals surface area contributed by atoms with Crippen molar-refractivity contribution in [2.24, 2.45) is 23.7 Å². The Bertz CT molecular complexity index is 819. The number of nitrogens with one attached hydrogen (secondary N) is 1. The zero-order valence-electron chi connectivity index (χ0n) is 15.3. The molecular weight excluding hydrogens is 324 g/mol. The highest BCUT2D eigenvalue weighted by molar-refractivity contribution is 5.94. The highest BCUT2D eigenvalue weighted by atomic mass is 16.5. The fraction of sp³-hybridized carbons (Fsp3) is 0.545. The quantitative estimate of drug-likeness (QED) is 0.912. The van der Waals surface area contributed by atoms with E-state index in [-0.39, 0.29) is 11.5 Å². The van der Waals surface area contributed by atoms with E-state index < -0.39 is 0 Å². The molecule has 0 aliphatic heterocycles.